The lowest BCUT2D eigenvalue weighted by Gasteiger charge is -2.31. The van der Waals surface area contributed by atoms with Crippen LogP contribution in [0.25, 0.3) is 10.4 Å². The number of rotatable bonds is 6. The number of carbonyl (C=O) groups excluding carboxylic acids is 2. The van der Waals surface area contributed by atoms with Gasteiger partial charge in [-0.1, -0.05) is 30.3 Å². The summed E-state index contributed by atoms with van der Waals surface area (Å²) in [5.74, 6) is 0.0915. The lowest BCUT2D eigenvalue weighted by Crippen LogP contribution is -2.48. The van der Waals surface area contributed by atoms with E-state index in [2.05, 4.69) is 35.0 Å². The maximum absolute atomic E-state index is 13.4. The summed E-state index contributed by atoms with van der Waals surface area (Å²) in [4.78, 5) is 29.6. The molecule has 2 saturated heterocycles. The Balaban J connectivity index is 1.60. The first-order chi connectivity index (χ1) is 15.0. The van der Waals surface area contributed by atoms with E-state index in [0.717, 1.165) is 24.8 Å². The van der Waals surface area contributed by atoms with E-state index in [1.165, 1.54) is 10.4 Å². The van der Waals surface area contributed by atoms with Crippen LogP contribution in [0.15, 0.2) is 41.8 Å². The van der Waals surface area contributed by atoms with Crippen molar-refractivity contribution >= 4 is 23.2 Å². The van der Waals surface area contributed by atoms with Crippen LogP contribution in [0.3, 0.4) is 0 Å². The van der Waals surface area contributed by atoms with Crippen LogP contribution in [0.5, 0.6) is 0 Å². The van der Waals surface area contributed by atoms with Crippen LogP contribution in [0.2, 0.25) is 0 Å². The van der Waals surface area contributed by atoms with Gasteiger partial charge in [-0.15, -0.1) is 11.3 Å². The van der Waals surface area contributed by atoms with Gasteiger partial charge in [-0.05, 0) is 68.5 Å². The second-order valence-electron chi connectivity index (χ2n) is 9.08. The van der Waals surface area contributed by atoms with Gasteiger partial charge in [0.05, 0.1) is 5.41 Å². The first-order valence-corrected chi connectivity index (χ1v) is 12.2. The summed E-state index contributed by atoms with van der Waals surface area (Å²) in [5, 5.41) is 5.21. The largest absolute Gasteiger partial charge is 0.368 e. The third-order valence-electron chi connectivity index (χ3n) is 6.35. The molecule has 2 aromatic rings. The molecule has 2 unspecified atom stereocenters. The summed E-state index contributed by atoms with van der Waals surface area (Å²) in [7, 11) is 0. The average Bonchev–Trinajstić information content (AvgIpc) is 3.45. The molecule has 2 amide bonds. The maximum Gasteiger partial charge on any atom is 0.251 e. The summed E-state index contributed by atoms with van der Waals surface area (Å²) < 4.78 is 5.74. The number of amides is 2. The fourth-order valence-electron chi connectivity index (χ4n) is 4.74. The Bertz CT molecular complexity index is 905. The minimum atomic E-state index is -0.623. The first kappa shape index (κ1) is 22.0. The van der Waals surface area contributed by atoms with E-state index in [-0.39, 0.29) is 24.0 Å². The summed E-state index contributed by atoms with van der Waals surface area (Å²) in [5.41, 5.74) is 1.71. The van der Waals surface area contributed by atoms with Crippen molar-refractivity contribution in [3.8, 4) is 10.4 Å². The van der Waals surface area contributed by atoms with Gasteiger partial charge in [0.15, 0.2) is 0 Å². The monoisotopic (exact) mass is 440 g/mol. The van der Waals surface area contributed by atoms with Gasteiger partial charge in [0, 0.05) is 30.6 Å². The van der Waals surface area contributed by atoms with Gasteiger partial charge in [0.1, 0.15) is 6.10 Å². The topological polar surface area (TPSA) is 58.6 Å². The number of benzene rings is 1. The predicted octanol–water partition coefficient (Wildman–Crippen LogP) is 4.27. The van der Waals surface area contributed by atoms with Crippen molar-refractivity contribution in [3.63, 3.8) is 0 Å². The molecule has 1 aromatic heterocycles. The number of nitrogens with zero attached hydrogens (tertiary/aromatic N) is 1. The molecule has 0 radical (unpaired) electrons. The Labute approximate surface area is 188 Å². The molecule has 4 rings (SSSR count). The zero-order valence-electron chi connectivity index (χ0n) is 18.4. The predicted molar refractivity (Wildman–Crippen MR) is 124 cm³/mol. The third kappa shape index (κ3) is 4.85. The minimum Gasteiger partial charge on any atom is -0.368 e. The molecular formula is C25H32N2O3S. The molecule has 1 aromatic carbocycles. The Kier molecular flexibility index (Phi) is 6.77. The van der Waals surface area contributed by atoms with Crippen molar-refractivity contribution in [1.29, 1.82) is 0 Å². The molecule has 2 aliphatic heterocycles. The number of hydrogen-bond acceptors (Lipinski definition) is 4. The summed E-state index contributed by atoms with van der Waals surface area (Å²) in [6.45, 7) is 5.67. The Morgan fingerprint density at radius 2 is 2.06 bits per heavy atom. The molecule has 6 heteroatoms. The van der Waals surface area contributed by atoms with E-state index in [1.807, 2.05) is 30.9 Å². The van der Waals surface area contributed by atoms with Crippen LogP contribution in [0.4, 0.5) is 0 Å². The molecule has 1 N–H and O–H groups in total. The maximum atomic E-state index is 13.4. The molecule has 2 atom stereocenters. The first-order valence-electron chi connectivity index (χ1n) is 11.3. The van der Waals surface area contributed by atoms with Crippen LogP contribution in [-0.2, 0) is 20.7 Å². The highest BCUT2D eigenvalue weighted by Gasteiger charge is 2.47. The molecular weight excluding hydrogens is 408 g/mol. The SMILES string of the molecule is CC(C)NC(=O)C1(Cc2ccccc2-c2cccs2)CCN(C(=O)C2CCCCO2)C1. The van der Waals surface area contributed by atoms with Crippen LogP contribution in [0.1, 0.15) is 45.1 Å². The number of carbonyl (C=O) groups is 2. The van der Waals surface area contributed by atoms with E-state index < -0.39 is 5.41 Å². The van der Waals surface area contributed by atoms with Gasteiger partial charge in [0.2, 0.25) is 5.91 Å². The molecule has 2 aliphatic rings. The van der Waals surface area contributed by atoms with Crippen molar-refractivity contribution in [1.82, 2.24) is 10.2 Å². The van der Waals surface area contributed by atoms with Gasteiger partial charge in [-0.2, -0.15) is 0 Å². The van der Waals surface area contributed by atoms with Gasteiger partial charge >= 0.3 is 0 Å². The summed E-state index contributed by atoms with van der Waals surface area (Å²) in [6, 6.07) is 12.6. The van der Waals surface area contributed by atoms with Crippen LogP contribution in [0, 0.1) is 5.41 Å². The number of ether oxygens (including phenoxy) is 1. The van der Waals surface area contributed by atoms with Crippen LogP contribution >= 0.6 is 11.3 Å². The Morgan fingerprint density at radius 1 is 1.23 bits per heavy atom. The number of nitrogens with one attached hydrogen (secondary N) is 1. The number of likely N-dealkylation sites (tertiary alicyclic amines) is 1. The fraction of sp³-hybridized carbons (Fsp3) is 0.520. The van der Waals surface area contributed by atoms with E-state index in [0.29, 0.717) is 32.5 Å². The highest BCUT2D eigenvalue weighted by atomic mass is 32.1. The molecule has 5 nitrogen and oxygen atoms in total. The van der Waals surface area contributed by atoms with Crippen molar-refractivity contribution < 1.29 is 14.3 Å². The van der Waals surface area contributed by atoms with E-state index in [4.69, 9.17) is 4.74 Å². The van der Waals surface area contributed by atoms with E-state index >= 15 is 0 Å². The normalized spacial score (nSPS) is 23.8. The van der Waals surface area contributed by atoms with Crippen molar-refractivity contribution in [2.24, 2.45) is 5.41 Å². The standard InChI is InChI=1S/C25H32N2O3S/c1-18(2)26-24(29)25(12-13-27(17-25)23(28)21-10-5-6-14-30-21)16-19-8-3-4-9-20(19)22-11-7-15-31-22/h3-4,7-9,11,15,18,21H,5-6,10,12-14,16-17H2,1-2H3,(H,26,29). The van der Waals surface area contributed by atoms with Gasteiger partial charge in [-0.25, -0.2) is 0 Å². The Hall–Kier alpha value is -2.18. The molecule has 166 valence electrons. The van der Waals surface area contributed by atoms with Crippen LogP contribution in [-0.4, -0.2) is 48.6 Å². The summed E-state index contributed by atoms with van der Waals surface area (Å²) in [6.07, 6.45) is 3.76. The van der Waals surface area contributed by atoms with Crippen LogP contribution < -0.4 is 5.32 Å². The van der Waals surface area contributed by atoms with Crippen molar-refractivity contribution in [3.05, 3.63) is 47.3 Å². The second-order valence-corrected chi connectivity index (χ2v) is 10.0. The number of thiophene rings is 1. The second kappa shape index (κ2) is 9.53. The molecule has 31 heavy (non-hydrogen) atoms. The van der Waals surface area contributed by atoms with E-state index in [9.17, 15) is 9.59 Å². The smallest absolute Gasteiger partial charge is 0.251 e. The highest BCUT2D eigenvalue weighted by molar-refractivity contribution is 7.13. The molecule has 3 heterocycles. The minimum absolute atomic E-state index is 0.0448. The zero-order chi connectivity index (χ0) is 21.8. The third-order valence-corrected chi connectivity index (χ3v) is 7.26. The Morgan fingerprint density at radius 3 is 2.77 bits per heavy atom. The molecule has 0 bridgehead atoms. The molecule has 0 spiro atoms. The van der Waals surface area contributed by atoms with Gasteiger partial charge in [0.25, 0.3) is 5.91 Å². The van der Waals surface area contributed by atoms with Gasteiger partial charge < -0.3 is 15.0 Å². The zero-order valence-corrected chi connectivity index (χ0v) is 19.2. The lowest BCUT2D eigenvalue weighted by molar-refractivity contribution is -0.146. The van der Waals surface area contributed by atoms with Crippen molar-refractivity contribution in [2.75, 3.05) is 19.7 Å². The molecule has 0 aliphatic carbocycles. The molecule has 0 saturated carbocycles. The lowest BCUT2D eigenvalue weighted by atomic mass is 9.78. The van der Waals surface area contributed by atoms with Gasteiger partial charge in [-0.3, -0.25) is 9.59 Å². The fourth-order valence-corrected chi connectivity index (χ4v) is 5.52. The number of hydrogen-bond donors (Lipinski definition) is 1. The summed E-state index contributed by atoms with van der Waals surface area (Å²) >= 11 is 1.71. The van der Waals surface area contributed by atoms with Crippen molar-refractivity contribution in [2.45, 2.75) is 58.1 Å². The highest BCUT2D eigenvalue weighted by Crippen LogP contribution is 2.39. The quantitative estimate of drug-likeness (QED) is 0.730. The molecule has 2 fully saturated rings. The average molecular weight is 441 g/mol. The van der Waals surface area contributed by atoms with E-state index in [1.54, 1.807) is 11.3 Å².